The molecule has 2 rings (SSSR count). The van der Waals surface area contributed by atoms with Gasteiger partial charge in [0, 0.05) is 22.5 Å². The van der Waals surface area contributed by atoms with Crippen molar-refractivity contribution in [1.82, 2.24) is 0 Å². The van der Waals surface area contributed by atoms with E-state index in [4.69, 9.17) is 10.5 Å². The van der Waals surface area contributed by atoms with Crippen LogP contribution in [0.3, 0.4) is 0 Å². The highest BCUT2D eigenvalue weighted by atomic mass is 79.9. The largest absolute Gasteiger partial charge is 0.490 e. The second-order valence-electron chi connectivity index (χ2n) is 3.45. The molecule has 1 aromatic rings. The van der Waals surface area contributed by atoms with E-state index in [1.807, 2.05) is 25.1 Å². The lowest BCUT2D eigenvalue weighted by atomic mass is 9.98. The first kappa shape index (κ1) is 9.03. The Kier molecular flexibility index (Phi) is 2.30. The summed E-state index contributed by atoms with van der Waals surface area (Å²) in [5.74, 6) is 0.925. The van der Waals surface area contributed by atoms with Gasteiger partial charge in [-0.25, -0.2) is 0 Å². The highest BCUT2D eigenvalue weighted by Gasteiger charge is 2.22. The zero-order valence-electron chi connectivity index (χ0n) is 7.46. The molecule has 3 heteroatoms. The smallest absolute Gasteiger partial charge is 0.124 e. The molecule has 0 aromatic heterocycles. The van der Waals surface area contributed by atoms with E-state index in [0.29, 0.717) is 0 Å². The Bertz CT molecular complexity index is 327. The molecule has 0 saturated heterocycles. The lowest BCUT2D eigenvalue weighted by Gasteiger charge is -2.28. The predicted molar refractivity (Wildman–Crippen MR) is 55.8 cm³/mol. The molecular weight excluding hydrogens is 230 g/mol. The van der Waals surface area contributed by atoms with E-state index < -0.39 is 0 Å². The second kappa shape index (κ2) is 3.31. The molecule has 1 aliphatic heterocycles. The summed E-state index contributed by atoms with van der Waals surface area (Å²) in [7, 11) is 0. The summed E-state index contributed by atoms with van der Waals surface area (Å²) in [5, 5.41) is 0. The number of ether oxygens (including phenoxy) is 1. The SMILES string of the molecule is CC1C[C@H](N)c2cc(Br)ccc2O1. The number of nitrogens with two attached hydrogens (primary N) is 1. The molecule has 1 heterocycles. The van der Waals surface area contributed by atoms with Crippen LogP contribution >= 0.6 is 15.9 Å². The Morgan fingerprint density at radius 2 is 2.31 bits per heavy atom. The first-order valence-corrected chi connectivity index (χ1v) is 5.18. The number of hydrogen-bond acceptors (Lipinski definition) is 2. The molecule has 2 N–H and O–H groups in total. The molecule has 0 amide bonds. The van der Waals surface area contributed by atoms with Gasteiger partial charge in [-0.2, -0.15) is 0 Å². The standard InChI is InChI=1S/C10H12BrNO/c1-6-4-9(12)8-5-7(11)2-3-10(8)13-6/h2-3,5-6,9H,4,12H2,1H3/t6?,9-/m0/s1. The molecule has 2 nitrogen and oxygen atoms in total. The van der Waals surface area contributed by atoms with Crippen molar-refractivity contribution in [1.29, 1.82) is 0 Å². The van der Waals surface area contributed by atoms with Gasteiger partial charge in [-0.1, -0.05) is 15.9 Å². The van der Waals surface area contributed by atoms with Gasteiger partial charge in [0.05, 0.1) is 6.10 Å². The molecular formula is C10H12BrNO. The van der Waals surface area contributed by atoms with E-state index in [9.17, 15) is 0 Å². The summed E-state index contributed by atoms with van der Waals surface area (Å²) >= 11 is 3.42. The lowest BCUT2D eigenvalue weighted by Crippen LogP contribution is -2.27. The van der Waals surface area contributed by atoms with Crippen LogP contribution in [-0.2, 0) is 0 Å². The lowest BCUT2D eigenvalue weighted by molar-refractivity contribution is 0.177. The van der Waals surface area contributed by atoms with E-state index in [2.05, 4.69) is 15.9 Å². The molecule has 2 atom stereocenters. The van der Waals surface area contributed by atoms with Gasteiger partial charge in [-0.15, -0.1) is 0 Å². The van der Waals surface area contributed by atoms with Crippen LogP contribution in [0.4, 0.5) is 0 Å². The highest BCUT2D eigenvalue weighted by Crippen LogP contribution is 2.34. The average molecular weight is 242 g/mol. The molecule has 70 valence electrons. The minimum atomic E-state index is 0.108. The zero-order chi connectivity index (χ0) is 9.42. The molecule has 1 aliphatic rings. The van der Waals surface area contributed by atoms with Crippen LogP contribution in [0.15, 0.2) is 22.7 Å². The summed E-state index contributed by atoms with van der Waals surface area (Å²) in [6.07, 6.45) is 1.12. The summed E-state index contributed by atoms with van der Waals surface area (Å²) in [5.41, 5.74) is 7.11. The van der Waals surface area contributed by atoms with Crippen LogP contribution in [0, 0.1) is 0 Å². The first-order valence-electron chi connectivity index (χ1n) is 4.38. The fourth-order valence-electron chi connectivity index (χ4n) is 1.67. The van der Waals surface area contributed by atoms with Gasteiger partial charge in [-0.3, -0.25) is 0 Å². The van der Waals surface area contributed by atoms with Crippen LogP contribution in [0.2, 0.25) is 0 Å². The fraction of sp³-hybridized carbons (Fsp3) is 0.400. The van der Waals surface area contributed by atoms with Crippen LogP contribution in [0.1, 0.15) is 24.9 Å². The van der Waals surface area contributed by atoms with Gasteiger partial charge in [0.15, 0.2) is 0 Å². The van der Waals surface area contributed by atoms with Crippen molar-refractivity contribution >= 4 is 15.9 Å². The number of fused-ring (bicyclic) bond motifs is 1. The van der Waals surface area contributed by atoms with Crippen molar-refractivity contribution in [3.05, 3.63) is 28.2 Å². The summed E-state index contributed by atoms with van der Waals surface area (Å²) in [4.78, 5) is 0. The molecule has 0 aliphatic carbocycles. The van der Waals surface area contributed by atoms with Gasteiger partial charge in [-0.05, 0) is 25.1 Å². The van der Waals surface area contributed by atoms with Gasteiger partial charge < -0.3 is 10.5 Å². The van der Waals surface area contributed by atoms with Crippen molar-refractivity contribution in [3.8, 4) is 5.75 Å². The summed E-state index contributed by atoms with van der Waals surface area (Å²) < 4.78 is 6.71. The normalized spacial score (nSPS) is 26.4. The minimum Gasteiger partial charge on any atom is -0.490 e. The van der Waals surface area contributed by atoms with E-state index in [0.717, 1.165) is 22.2 Å². The molecule has 0 spiro atoms. The molecule has 0 bridgehead atoms. The topological polar surface area (TPSA) is 35.2 Å². The van der Waals surface area contributed by atoms with Crippen molar-refractivity contribution in [2.45, 2.75) is 25.5 Å². The van der Waals surface area contributed by atoms with Crippen LogP contribution in [-0.4, -0.2) is 6.10 Å². The molecule has 1 unspecified atom stereocenters. The van der Waals surface area contributed by atoms with E-state index in [-0.39, 0.29) is 12.1 Å². The molecule has 0 fully saturated rings. The minimum absolute atomic E-state index is 0.108. The van der Waals surface area contributed by atoms with Crippen LogP contribution in [0.5, 0.6) is 5.75 Å². The Morgan fingerprint density at radius 3 is 3.08 bits per heavy atom. The van der Waals surface area contributed by atoms with E-state index in [1.54, 1.807) is 0 Å². The predicted octanol–water partition coefficient (Wildman–Crippen LogP) is 2.62. The fourth-order valence-corrected chi connectivity index (χ4v) is 2.04. The molecule has 0 radical (unpaired) electrons. The molecule has 13 heavy (non-hydrogen) atoms. The first-order chi connectivity index (χ1) is 6.16. The Balaban J connectivity index is 2.43. The molecule has 0 saturated carbocycles. The third-order valence-corrected chi connectivity index (χ3v) is 2.78. The Hall–Kier alpha value is -0.540. The highest BCUT2D eigenvalue weighted by molar-refractivity contribution is 9.10. The van der Waals surface area contributed by atoms with Gasteiger partial charge in [0.1, 0.15) is 5.75 Å². The van der Waals surface area contributed by atoms with Crippen LogP contribution in [0.25, 0.3) is 0 Å². The van der Waals surface area contributed by atoms with E-state index in [1.165, 1.54) is 0 Å². The maximum absolute atomic E-state index is 6.00. The number of benzene rings is 1. The quantitative estimate of drug-likeness (QED) is 0.758. The van der Waals surface area contributed by atoms with Gasteiger partial charge in [0.25, 0.3) is 0 Å². The Labute approximate surface area is 86.2 Å². The van der Waals surface area contributed by atoms with Crippen LogP contribution < -0.4 is 10.5 Å². The van der Waals surface area contributed by atoms with Crippen molar-refractivity contribution in [2.24, 2.45) is 5.73 Å². The Morgan fingerprint density at radius 1 is 1.54 bits per heavy atom. The average Bonchev–Trinajstić information content (AvgIpc) is 2.06. The second-order valence-corrected chi connectivity index (χ2v) is 4.37. The maximum Gasteiger partial charge on any atom is 0.124 e. The van der Waals surface area contributed by atoms with Crippen molar-refractivity contribution in [3.63, 3.8) is 0 Å². The van der Waals surface area contributed by atoms with E-state index >= 15 is 0 Å². The zero-order valence-corrected chi connectivity index (χ0v) is 9.04. The summed E-state index contributed by atoms with van der Waals surface area (Å²) in [6, 6.07) is 6.08. The maximum atomic E-state index is 6.00. The number of rotatable bonds is 0. The monoisotopic (exact) mass is 241 g/mol. The van der Waals surface area contributed by atoms with Crippen molar-refractivity contribution in [2.75, 3.05) is 0 Å². The number of hydrogen-bond donors (Lipinski definition) is 1. The van der Waals surface area contributed by atoms with Gasteiger partial charge in [0.2, 0.25) is 0 Å². The summed E-state index contributed by atoms with van der Waals surface area (Å²) in [6.45, 7) is 2.05. The van der Waals surface area contributed by atoms with Crippen molar-refractivity contribution < 1.29 is 4.74 Å². The third-order valence-electron chi connectivity index (χ3n) is 2.29. The van der Waals surface area contributed by atoms with Gasteiger partial charge >= 0.3 is 0 Å². The molecule has 1 aromatic carbocycles. The number of halogens is 1. The third kappa shape index (κ3) is 1.71.